The summed E-state index contributed by atoms with van der Waals surface area (Å²) in [6.45, 7) is 3.58. The van der Waals surface area contributed by atoms with Crippen LogP contribution in [-0.2, 0) is 12.8 Å². The molecule has 0 heterocycles. The van der Waals surface area contributed by atoms with Crippen LogP contribution in [0.15, 0.2) is 24.3 Å². The number of halogens is 3. The number of alkyl halides is 3. The molecule has 0 amide bonds. The molecule has 0 saturated heterocycles. The molecule has 0 fully saturated rings. The Morgan fingerprint density at radius 3 is 2.08 bits per heavy atom. The van der Waals surface area contributed by atoms with Gasteiger partial charge in [-0.05, 0) is 24.5 Å². The molecule has 0 aliphatic carbocycles. The van der Waals surface area contributed by atoms with Gasteiger partial charge in [0.25, 0.3) is 0 Å². The van der Waals surface area contributed by atoms with Crippen molar-refractivity contribution in [2.45, 2.75) is 19.0 Å². The van der Waals surface area contributed by atoms with Crippen molar-refractivity contribution in [2.24, 2.45) is 0 Å². The molecule has 0 aliphatic heterocycles. The van der Waals surface area contributed by atoms with Crippen molar-refractivity contribution in [1.82, 2.24) is 0 Å². The van der Waals surface area contributed by atoms with Crippen molar-refractivity contribution in [1.29, 1.82) is 0 Å². The second-order valence-corrected chi connectivity index (χ2v) is 2.81. The van der Waals surface area contributed by atoms with Crippen molar-refractivity contribution < 1.29 is 13.2 Å². The minimum atomic E-state index is -4.13. The number of hydrogen-bond acceptors (Lipinski definition) is 0. The normalized spacial score (nSPS) is 11.7. The van der Waals surface area contributed by atoms with Gasteiger partial charge in [0.05, 0.1) is 6.42 Å². The Kier molecular flexibility index (Phi) is 2.96. The lowest BCUT2D eigenvalue weighted by Gasteiger charge is -2.09. The highest BCUT2D eigenvalue weighted by Crippen LogP contribution is 2.23. The summed E-state index contributed by atoms with van der Waals surface area (Å²) in [6.07, 6.45) is -4.60. The molecule has 0 N–H and O–H groups in total. The summed E-state index contributed by atoms with van der Waals surface area (Å²) in [6, 6.07) is 6.50. The molecule has 3 heteroatoms. The summed E-state index contributed by atoms with van der Waals surface area (Å²) in [5.41, 5.74) is 0.991. The molecule has 1 aromatic rings. The van der Waals surface area contributed by atoms with E-state index in [4.69, 9.17) is 0 Å². The third-order valence-corrected chi connectivity index (χ3v) is 1.78. The van der Waals surface area contributed by atoms with Crippen LogP contribution in [0, 0.1) is 6.92 Å². The molecule has 71 valence electrons. The molecule has 0 spiro atoms. The Labute approximate surface area is 75.4 Å². The van der Waals surface area contributed by atoms with Crippen LogP contribution in [0.25, 0.3) is 0 Å². The first-order valence-electron chi connectivity index (χ1n) is 3.95. The maximum Gasteiger partial charge on any atom is 0.393 e. The summed E-state index contributed by atoms with van der Waals surface area (Å²) in [5.74, 6) is 0. The van der Waals surface area contributed by atoms with E-state index in [1.807, 2.05) is 0 Å². The lowest BCUT2D eigenvalue weighted by Crippen LogP contribution is -2.12. The van der Waals surface area contributed by atoms with Gasteiger partial charge in [-0.1, -0.05) is 24.3 Å². The quantitative estimate of drug-likeness (QED) is 0.667. The molecule has 0 atom stereocenters. The molecular weight excluding hydrogens is 177 g/mol. The van der Waals surface area contributed by atoms with Gasteiger partial charge in [-0.25, -0.2) is 0 Å². The van der Waals surface area contributed by atoms with Gasteiger partial charge in [-0.3, -0.25) is 0 Å². The molecule has 1 rings (SSSR count). The van der Waals surface area contributed by atoms with Crippen LogP contribution < -0.4 is 0 Å². The maximum atomic E-state index is 12.0. The average Bonchev–Trinajstić information content (AvgIpc) is 2.02. The predicted octanol–water partition coefficient (Wildman–Crippen LogP) is 3.17. The van der Waals surface area contributed by atoms with Crippen LogP contribution in [0.2, 0.25) is 0 Å². The van der Waals surface area contributed by atoms with E-state index in [9.17, 15) is 13.2 Å². The average molecular weight is 187 g/mol. The highest BCUT2D eigenvalue weighted by molar-refractivity contribution is 5.28. The van der Waals surface area contributed by atoms with Crippen LogP contribution in [0.1, 0.15) is 11.1 Å². The molecular formula is C10H10F3. The first-order chi connectivity index (χ1) is 6.03. The minimum absolute atomic E-state index is 0.324. The number of hydrogen-bond donors (Lipinski definition) is 0. The fraction of sp³-hybridized carbons (Fsp3) is 0.300. The maximum absolute atomic E-state index is 12.0. The Morgan fingerprint density at radius 1 is 1.08 bits per heavy atom. The third kappa shape index (κ3) is 3.09. The summed E-state index contributed by atoms with van der Waals surface area (Å²) in [7, 11) is 0. The second-order valence-electron chi connectivity index (χ2n) is 2.81. The largest absolute Gasteiger partial charge is 0.393 e. The van der Waals surface area contributed by atoms with E-state index in [2.05, 4.69) is 6.92 Å². The highest BCUT2D eigenvalue weighted by Gasteiger charge is 2.28. The van der Waals surface area contributed by atoms with Gasteiger partial charge in [0, 0.05) is 0 Å². The van der Waals surface area contributed by atoms with Crippen LogP contribution in [0.4, 0.5) is 13.2 Å². The van der Waals surface area contributed by atoms with Gasteiger partial charge < -0.3 is 0 Å². The van der Waals surface area contributed by atoms with Gasteiger partial charge in [0.15, 0.2) is 0 Å². The van der Waals surface area contributed by atoms with E-state index in [-0.39, 0.29) is 0 Å². The summed E-state index contributed by atoms with van der Waals surface area (Å²) < 4.78 is 36.1. The van der Waals surface area contributed by atoms with E-state index in [0.717, 1.165) is 0 Å². The zero-order valence-electron chi connectivity index (χ0n) is 7.06. The molecule has 1 aromatic carbocycles. The second kappa shape index (κ2) is 3.81. The van der Waals surface area contributed by atoms with E-state index in [1.54, 1.807) is 18.2 Å². The smallest absolute Gasteiger partial charge is 0.171 e. The van der Waals surface area contributed by atoms with Gasteiger partial charge in [-0.15, -0.1) is 0 Å². The monoisotopic (exact) mass is 187 g/mol. The van der Waals surface area contributed by atoms with Gasteiger partial charge >= 0.3 is 6.18 Å². The fourth-order valence-electron chi connectivity index (χ4n) is 1.19. The molecule has 0 nitrogen and oxygen atoms in total. The van der Waals surface area contributed by atoms with Crippen LogP contribution >= 0.6 is 0 Å². The van der Waals surface area contributed by atoms with Crippen molar-refractivity contribution in [3.05, 3.63) is 42.3 Å². The lowest BCUT2D eigenvalue weighted by atomic mass is 10.0. The highest BCUT2D eigenvalue weighted by atomic mass is 19.4. The topological polar surface area (TPSA) is 0 Å². The number of rotatable bonds is 2. The van der Waals surface area contributed by atoms with Crippen LogP contribution in [0.3, 0.4) is 0 Å². The molecule has 1 radical (unpaired) electrons. The first kappa shape index (κ1) is 10.1. The van der Waals surface area contributed by atoms with Gasteiger partial charge in [0.2, 0.25) is 0 Å². The van der Waals surface area contributed by atoms with Crippen molar-refractivity contribution in [3.63, 3.8) is 0 Å². The van der Waals surface area contributed by atoms with E-state index in [0.29, 0.717) is 17.5 Å². The van der Waals surface area contributed by atoms with Crippen molar-refractivity contribution >= 4 is 0 Å². The Hall–Kier alpha value is -0.990. The molecule has 0 unspecified atom stereocenters. The molecule has 13 heavy (non-hydrogen) atoms. The minimum Gasteiger partial charge on any atom is -0.171 e. The fourth-order valence-corrected chi connectivity index (χ4v) is 1.19. The zero-order valence-corrected chi connectivity index (χ0v) is 7.06. The van der Waals surface area contributed by atoms with Gasteiger partial charge in [0.1, 0.15) is 0 Å². The SMILES string of the molecule is [CH2]Cc1ccccc1CC(F)(F)F. The Bertz CT molecular complexity index is 276. The van der Waals surface area contributed by atoms with Crippen molar-refractivity contribution in [3.8, 4) is 0 Å². The molecule has 0 bridgehead atoms. The standard InChI is InChI=1S/C10H10F3/c1-2-8-5-3-4-6-9(8)7-10(11,12)13/h3-6H,1-2,7H2. The molecule has 0 aliphatic rings. The van der Waals surface area contributed by atoms with E-state index < -0.39 is 12.6 Å². The molecule has 0 aromatic heterocycles. The Balaban J connectivity index is 2.87. The van der Waals surface area contributed by atoms with E-state index >= 15 is 0 Å². The number of benzene rings is 1. The third-order valence-electron chi connectivity index (χ3n) is 1.78. The summed E-state index contributed by atoms with van der Waals surface area (Å²) >= 11 is 0. The van der Waals surface area contributed by atoms with Crippen LogP contribution in [0.5, 0.6) is 0 Å². The predicted molar refractivity (Wildman–Crippen MR) is 45.3 cm³/mol. The lowest BCUT2D eigenvalue weighted by molar-refractivity contribution is -0.127. The van der Waals surface area contributed by atoms with Gasteiger partial charge in [-0.2, -0.15) is 13.2 Å². The zero-order chi connectivity index (χ0) is 9.90. The van der Waals surface area contributed by atoms with Crippen LogP contribution in [-0.4, -0.2) is 6.18 Å². The summed E-state index contributed by atoms with van der Waals surface area (Å²) in [4.78, 5) is 0. The summed E-state index contributed by atoms with van der Waals surface area (Å²) in [5, 5.41) is 0. The van der Waals surface area contributed by atoms with Crippen molar-refractivity contribution in [2.75, 3.05) is 0 Å². The van der Waals surface area contributed by atoms with E-state index in [1.165, 1.54) is 6.07 Å². The molecule has 0 saturated carbocycles. The Morgan fingerprint density at radius 2 is 1.62 bits per heavy atom. The first-order valence-corrected chi connectivity index (χ1v) is 3.95.